The Bertz CT molecular complexity index is 619. The minimum absolute atomic E-state index is 0.0901. The first-order valence-electron chi connectivity index (χ1n) is 6.53. The number of nitrogens with zero attached hydrogens (tertiary/aromatic N) is 1. The molecule has 1 aliphatic rings. The fraction of sp³-hybridized carbons (Fsp3) is 0.400. The second kappa shape index (κ2) is 5.50. The van der Waals surface area contributed by atoms with Gasteiger partial charge in [-0.15, -0.1) is 0 Å². The van der Waals surface area contributed by atoms with Gasteiger partial charge in [0.15, 0.2) is 0 Å². The number of carbonyl (C=O) groups excluding carboxylic acids is 1. The van der Waals surface area contributed by atoms with Crippen LogP contribution >= 0.6 is 0 Å². The van der Waals surface area contributed by atoms with Crippen molar-refractivity contribution in [2.75, 3.05) is 13.1 Å². The van der Waals surface area contributed by atoms with Crippen LogP contribution in [-0.2, 0) is 14.8 Å². The maximum absolute atomic E-state index is 12.6. The molecule has 5 heteroatoms. The van der Waals surface area contributed by atoms with Crippen LogP contribution in [0, 0.1) is 18.8 Å². The van der Waals surface area contributed by atoms with Crippen LogP contribution in [0.3, 0.4) is 0 Å². The van der Waals surface area contributed by atoms with Crippen molar-refractivity contribution < 1.29 is 13.2 Å². The van der Waals surface area contributed by atoms with E-state index in [1.54, 1.807) is 24.3 Å². The summed E-state index contributed by atoms with van der Waals surface area (Å²) in [4.78, 5) is 11.4. The zero-order valence-corrected chi connectivity index (χ0v) is 12.6. The van der Waals surface area contributed by atoms with Gasteiger partial charge in [-0.3, -0.25) is 0 Å². The Morgan fingerprint density at radius 1 is 1.30 bits per heavy atom. The maximum atomic E-state index is 12.6. The summed E-state index contributed by atoms with van der Waals surface area (Å²) in [6.07, 6.45) is 0.837. The van der Waals surface area contributed by atoms with E-state index in [1.165, 1.54) is 4.31 Å². The van der Waals surface area contributed by atoms with E-state index >= 15 is 0 Å². The summed E-state index contributed by atoms with van der Waals surface area (Å²) < 4.78 is 26.5. The smallest absolute Gasteiger partial charge is 0.243 e. The van der Waals surface area contributed by atoms with Crippen molar-refractivity contribution in [3.8, 4) is 0 Å². The van der Waals surface area contributed by atoms with Gasteiger partial charge in [-0.25, -0.2) is 8.42 Å². The molecule has 0 aromatic heterocycles. The van der Waals surface area contributed by atoms with Gasteiger partial charge in [0, 0.05) is 24.9 Å². The zero-order chi connectivity index (χ0) is 14.9. The fourth-order valence-corrected chi connectivity index (χ4v) is 4.01. The van der Waals surface area contributed by atoms with Crippen molar-refractivity contribution in [3.63, 3.8) is 0 Å². The summed E-state index contributed by atoms with van der Waals surface area (Å²) in [7, 11) is -3.53. The third kappa shape index (κ3) is 2.69. The number of rotatable bonds is 4. The van der Waals surface area contributed by atoms with Crippen LogP contribution in [0.25, 0.3) is 0 Å². The van der Waals surface area contributed by atoms with Gasteiger partial charge in [0.05, 0.1) is 4.90 Å². The number of carbonyl (C=O) groups is 1. The molecule has 108 valence electrons. The van der Waals surface area contributed by atoms with Gasteiger partial charge < -0.3 is 4.79 Å². The first-order valence-corrected chi connectivity index (χ1v) is 7.98. The predicted octanol–water partition coefficient (Wildman–Crippen LogP) is 2.01. The molecule has 1 aromatic rings. The molecule has 4 nitrogen and oxygen atoms in total. The second-order valence-electron chi connectivity index (χ2n) is 5.39. The van der Waals surface area contributed by atoms with Crippen molar-refractivity contribution >= 4 is 16.3 Å². The Morgan fingerprint density at radius 2 is 1.90 bits per heavy atom. The van der Waals surface area contributed by atoms with E-state index in [0.717, 1.165) is 17.4 Å². The average Bonchev–Trinajstić information content (AvgIpc) is 2.84. The topological polar surface area (TPSA) is 54.5 Å². The van der Waals surface area contributed by atoms with Crippen LogP contribution < -0.4 is 0 Å². The molecule has 2 atom stereocenters. The molecule has 0 spiro atoms. The number of benzene rings is 1. The molecule has 1 aliphatic heterocycles. The molecular formula is C15H19NO3S. The van der Waals surface area contributed by atoms with Crippen LogP contribution in [0.5, 0.6) is 0 Å². The second-order valence-corrected chi connectivity index (χ2v) is 7.33. The lowest BCUT2D eigenvalue weighted by Gasteiger charge is -2.16. The van der Waals surface area contributed by atoms with Gasteiger partial charge in [-0.1, -0.05) is 29.8 Å². The largest absolute Gasteiger partial charge is 0.303 e. The lowest BCUT2D eigenvalue weighted by Crippen LogP contribution is -2.29. The minimum atomic E-state index is -3.53. The van der Waals surface area contributed by atoms with Gasteiger partial charge in [0.2, 0.25) is 10.0 Å². The third-order valence-corrected chi connectivity index (χ3v) is 5.64. The molecule has 0 unspecified atom stereocenters. The van der Waals surface area contributed by atoms with Crippen molar-refractivity contribution in [1.29, 1.82) is 0 Å². The highest BCUT2D eigenvalue weighted by atomic mass is 32.2. The van der Waals surface area contributed by atoms with Crippen LogP contribution in [0.15, 0.2) is 41.3 Å². The molecule has 20 heavy (non-hydrogen) atoms. The third-order valence-electron chi connectivity index (χ3n) is 3.80. The first kappa shape index (κ1) is 14.9. The number of aldehydes is 1. The van der Waals surface area contributed by atoms with E-state index in [-0.39, 0.29) is 23.3 Å². The molecule has 0 saturated carbocycles. The van der Waals surface area contributed by atoms with Crippen molar-refractivity contribution in [2.45, 2.75) is 18.7 Å². The van der Waals surface area contributed by atoms with Crippen molar-refractivity contribution in [3.05, 3.63) is 42.0 Å². The fourth-order valence-electron chi connectivity index (χ4n) is 2.51. The Hall–Kier alpha value is -1.46. The van der Waals surface area contributed by atoms with Gasteiger partial charge in [-0.2, -0.15) is 4.31 Å². The van der Waals surface area contributed by atoms with E-state index < -0.39 is 10.0 Å². The van der Waals surface area contributed by atoms with Crippen LogP contribution in [0.4, 0.5) is 0 Å². The van der Waals surface area contributed by atoms with Crippen LogP contribution in [0.1, 0.15) is 12.5 Å². The quantitative estimate of drug-likeness (QED) is 0.630. The monoisotopic (exact) mass is 293 g/mol. The molecule has 0 aliphatic carbocycles. The summed E-state index contributed by atoms with van der Waals surface area (Å²) >= 11 is 0. The number of aryl methyl sites for hydroxylation is 1. The highest BCUT2D eigenvalue weighted by Gasteiger charge is 2.39. The Morgan fingerprint density at radius 3 is 2.35 bits per heavy atom. The predicted molar refractivity (Wildman–Crippen MR) is 77.8 cm³/mol. The van der Waals surface area contributed by atoms with Gasteiger partial charge in [0.1, 0.15) is 6.29 Å². The first-order chi connectivity index (χ1) is 9.36. The molecule has 0 bridgehead atoms. The summed E-state index contributed by atoms with van der Waals surface area (Å²) in [5.41, 5.74) is 1.86. The van der Waals surface area contributed by atoms with Gasteiger partial charge in [-0.05, 0) is 26.0 Å². The molecular weight excluding hydrogens is 274 g/mol. The lowest BCUT2D eigenvalue weighted by molar-refractivity contribution is -0.111. The highest BCUT2D eigenvalue weighted by Crippen LogP contribution is 2.31. The average molecular weight is 293 g/mol. The molecule has 2 rings (SSSR count). The van der Waals surface area contributed by atoms with E-state index in [0.29, 0.717) is 6.54 Å². The lowest BCUT2D eigenvalue weighted by atomic mass is 9.92. The van der Waals surface area contributed by atoms with Crippen molar-refractivity contribution in [2.24, 2.45) is 11.8 Å². The maximum Gasteiger partial charge on any atom is 0.243 e. The van der Waals surface area contributed by atoms with Crippen molar-refractivity contribution in [1.82, 2.24) is 4.31 Å². The Labute approximate surface area is 120 Å². The van der Waals surface area contributed by atoms with E-state index in [4.69, 9.17) is 0 Å². The summed E-state index contributed by atoms with van der Waals surface area (Å²) in [5, 5.41) is 0. The molecule has 0 amide bonds. The summed E-state index contributed by atoms with van der Waals surface area (Å²) in [6, 6.07) is 6.76. The Kier molecular flexibility index (Phi) is 4.11. The minimum Gasteiger partial charge on any atom is -0.303 e. The SMILES string of the molecule is C=C(C)[C@@H]1CN(S(=O)(=O)c2ccc(C)cc2)C[C@H]1C=O. The molecule has 1 aromatic carbocycles. The Balaban J connectivity index is 2.30. The molecule has 0 radical (unpaired) electrons. The van der Waals surface area contributed by atoms with E-state index in [1.807, 2.05) is 13.8 Å². The van der Waals surface area contributed by atoms with Crippen LogP contribution in [0.2, 0.25) is 0 Å². The van der Waals surface area contributed by atoms with E-state index in [9.17, 15) is 13.2 Å². The standard InChI is InChI=1S/C15H19NO3S/c1-11(2)15-9-16(8-13(15)10-17)20(18,19)14-6-4-12(3)5-7-14/h4-7,10,13,15H,1,8-9H2,2-3H3/t13-,15-/m0/s1. The van der Waals surface area contributed by atoms with Gasteiger partial charge >= 0.3 is 0 Å². The molecule has 1 heterocycles. The molecule has 1 fully saturated rings. The highest BCUT2D eigenvalue weighted by molar-refractivity contribution is 7.89. The van der Waals surface area contributed by atoms with Gasteiger partial charge in [0.25, 0.3) is 0 Å². The van der Waals surface area contributed by atoms with Crippen LogP contribution in [-0.4, -0.2) is 32.1 Å². The number of hydrogen-bond acceptors (Lipinski definition) is 3. The molecule has 0 N–H and O–H groups in total. The summed E-state index contributed by atoms with van der Waals surface area (Å²) in [6.45, 7) is 8.16. The summed E-state index contributed by atoms with van der Waals surface area (Å²) in [5.74, 6) is -0.388. The zero-order valence-electron chi connectivity index (χ0n) is 11.7. The number of hydrogen-bond donors (Lipinski definition) is 0. The molecule has 1 saturated heterocycles. The van der Waals surface area contributed by atoms with E-state index in [2.05, 4.69) is 6.58 Å². The normalized spacial score (nSPS) is 23.7. The number of sulfonamides is 1.